The molecule has 2 heterocycles. The van der Waals surface area contributed by atoms with Crippen molar-refractivity contribution in [3.63, 3.8) is 0 Å². The van der Waals surface area contributed by atoms with Crippen molar-refractivity contribution < 1.29 is 4.79 Å². The van der Waals surface area contributed by atoms with E-state index in [9.17, 15) is 4.79 Å². The molecule has 0 radical (unpaired) electrons. The van der Waals surface area contributed by atoms with Crippen LogP contribution in [0.2, 0.25) is 0 Å². The zero-order valence-corrected chi connectivity index (χ0v) is 17.8. The summed E-state index contributed by atoms with van der Waals surface area (Å²) in [4.78, 5) is 18.3. The first-order valence-electron chi connectivity index (χ1n) is 12.1. The van der Waals surface area contributed by atoms with Crippen molar-refractivity contribution >= 4 is 5.91 Å². The number of amides is 1. The average Bonchev–Trinajstić information content (AvgIpc) is 3.67. The van der Waals surface area contributed by atoms with Crippen LogP contribution in [-0.4, -0.2) is 54.0 Å². The molecular weight excluding hydrogens is 358 g/mol. The number of likely N-dealkylation sites (tertiary alicyclic amines) is 2. The van der Waals surface area contributed by atoms with Crippen LogP contribution < -0.4 is 5.32 Å². The molecule has 4 heteroatoms. The normalized spacial score (nSPS) is 27.3. The van der Waals surface area contributed by atoms with E-state index in [0.29, 0.717) is 18.0 Å². The molecule has 0 aromatic heterocycles. The molecule has 158 valence electrons. The molecule has 4 aliphatic rings. The molecule has 4 nitrogen and oxygen atoms in total. The van der Waals surface area contributed by atoms with Crippen LogP contribution in [0.3, 0.4) is 0 Å². The van der Waals surface area contributed by atoms with E-state index < -0.39 is 0 Å². The van der Waals surface area contributed by atoms with Crippen molar-refractivity contribution in [2.45, 2.75) is 70.0 Å². The maximum absolute atomic E-state index is 13.0. The fourth-order valence-corrected chi connectivity index (χ4v) is 5.65. The van der Waals surface area contributed by atoms with Crippen molar-refractivity contribution in [3.8, 4) is 0 Å². The van der Waals surface area contributed by atoms with Crippen molar-refractivity contribution in [1.29, 1.82) is 0 Å². The van der Waals surface area contributed by atoms with E-state index >= 15 is 0 Å². The van der Waals surface area contributed by atoms with Crippen molar-refractivity contribution in [3.05, 3.63) is 35.9 Å². The maximum Gasteiger partial charge on any atom is 0.224 e. The largest absolute Gasteiger partial charge is 0.353 e. The number of benzene rings is 1. The van der Waals surface area contributed by atoms with Gasteiger partial charge in [0.25, 0.3) is 0 Å². The highest BCUT2D eigenvalue weighted by atomic mass is 16.2. The lowest BCUT2D eigenvalue weighted by atomic mass is 9.92. The minimum atomic E-state index is 0.214. The van der Waals surface area contributed by atoms with Gasteiger partial charge in [-0.05, 0) is 88.4 Å². The van der Waals surface area contributed by atoms with Crippen molar-refractivity contribution in [2.75, 3.05) is 26.2 Å². The van der Waals surface area contributed by atoms with Gasteiger partial charge in [-0.15, -0.1) is 0 Å². The average molecular weight is 396 g/mol. The first-order valence-corrected chi connectivity index (χ1v) is 12.1. The smallest absolute Gasteiger partial charge is 0.224 e. The molecule has 2 aliphatic carbocycles. The number of hydrogen-bond acceptors (Lipinski definition) is 3. The minimum absolute atomic E-state index is 0.214. The summed E-state index contributed by atoms with van der Waals surface area (Å²) in [6.07, 6.45) is 10.1. The number of carbonyl (C=O) groups excluding carboxylic acids is 1. The van der Waals surface area contributed by atoms with Crippen LogP contribution in [0.15, 0.2) is 30.3 Å². The number of hydrogen-bond donors (Lipinski definition) is 1. The lowest BCUT2D eigenvalue weighted by Crippen LogP contribution is -2.52. The van der Waals surface area contributed by atoms with Crippen LogP contribution in [0.25, 0.3) is 0 Å². The van der Waals surface area contributed by atoms with Gasteiger partial charge in [0.15, 0.2) is 0 Å². The Bertz CT molecular complexity index is 665. The molecule has 4 fully saturated rings. The van der Waals surface area contributed by atoms with E-state index in [0.717, 1.165) is 31.3 Å². The lowest BCUT2D eigenvalue weighted by molar-refractivity contribution is -0.128. The van der Waals surface area contributed by atoms with Gasteiger partial charge in [-0.1, -0.05) is 30.3 Å². The highest BCUT2D eigenvalue weighted by molar-refractivity contribution is 5.79. The molecule has 0 unspecified atom stereocenters. The van der Waals surface area contributed by atoms with E-state index in [1.165, 1.54) is 70.1 Å². The SMILES string of the molecule is O=C(NC(C1CC1)C1CC1)[C@@H]1CCCN(C2CCN(Cc3ccccc3)CC2)C1. The summed E-state index contributed by atoms with van der Waals surface area (Å²) in [7, 11) is 0. The maximum atomic E-state index is 13.0. The topological polar surface area (TPSA) is 35.6 Å². The fraction of sp³-hybridized carbons (Fsp3) is 0.720. The Morgan fingerprint density at radius 2 is 1.62 bits per heavy atom. The first-order chi connectivity index (χ1) is 14.3. The van der Waals surface area contributed by atoms with Crippen molar-refractivity contribution in [1.82, 2.24) is 15.1 Å². The summed E-state index contributed by atoms with van der Waals surface area (Å²) in [6, 6.07) is 12.0. The van der Waals surface area contributed by atoms with E-state index in [-0.39, 0.29) is 5.92 Å². The van der Waals surface area contributed by atoms with Gasteiger partial charge in [0.05, 0.1) is 5.92 Å². The number of carbonyl (C=O) groups is 1. The predicted octanol–water partition coefficient (Wildman–Crippen LogP) is 3.67. The van der Waals surface area contributed by atoms with Crippen molar-refractivity contribution in [2.24, 2.45) is 17.8 Å². The summed E-state index contributed by atoms with van der Waals surface area (Å²) in [5.41, 5.74) is 1.42. The molecule has 2 saturated heterocycles. The summed E-state index contributed by atoms with van der Waals surface area (Å²) in [6.45, 7) is 5.60. The standard InChI is InChI=1S/C25H37N3O/c29-25(26-24(20-8-9-20)21-10-11-21)22-7-4-14-28(18-22)23-12-15-27(16-13-23)17-19-5-2-1-3-6-19/h1-3,5-6,20-24H,4,7-18H2,(H,26,29)/t22-/m1/s1. The second-order valence-corrected chi connectivity index (χ2v) is 10.0. The first kappa shape index (κ1) is 19.6. The Hall–Kier alpha value is -1.39. The molecular formula is C25H37N3O. The zero-order chi connectivity index (χ0) is 19.6. The summed E-state index contributed by atoms with van der Waals surface area (Å²) < 4.78 is 0. The van der Waals surface area contributed by atoms with Gasteiger partial charge in [0.1, 0.15) is 0 Å². The third kappa shape index (κ3) is 5.03. The Labute approximate surface area is 176 Å². The summed E-state index contributed by atoms with van der Waals surface area (Å²) >= 11 is 0. The number of piperidine rings is 2. The number of nitrogens with zero attached hydrogens (tertiary/aromatic N) is 2. The summed E-state index contributed by atoms with van der Waals surface area (Å²) in [5, 5.41) is 3.49. The van der Waals surface area contributed by atoms with Crippen LogP contribution in [0.4, 0.5) is 0 Å². The second-order valence-electron chi connectivity index (χ2n) is 10.0. The fourth-order valence-electron chi connectivity index (χ4n) is 5.65. The highest BCUT2D eigenvalue weighted by Crippen LogP contribution is 2.44. The Kier molecular flexibility index (Phi) is 5.92. The lowest BCUT2D eigenvalue weighted by Gasteiger charge is -2.42. The highest BCUT2D eigenvalue weighted by Gasteiger charge is 2.43. The van der Waals surface area contributed by atoms with E-state index in [2.05, 4.69) is 45.4 Å². The Morgan fingerprint density at radius 1 is 0.931 bits per heavy atom. The van der Waals surface area contributed by atoms with E-state index in [4.69, 9.17) is 0 Å². The van der Waals surface area contributed by atoms with Gasteiger partial charge in [-0.3, -0.25) is 14.6 Å². The van der Waals surface area contributed by atoms with Gasteiger partial charge in [-0.2, -0.15) is 0 Å². The third-order valence-corrected chi connectivity index (χ3v) is 7.71. The molecule has 1 aromatic rings. The van der Waals surface area contributed by atoms with Gasteiger partial charge < -0.3 is 5.32 Å². The third-order valence-electron chi connectivity index (χ3n) is 7.71. The van der Waals surface area contributed by atoms with Gasteiger partial charge in [0.2, 0.25) is 5.91 Å². The quantitative estimate of drug-likeness (QED) is 0.765. The molecule has 5 rings (SSSR count). The molecule has 1 N–H and O–H groups in total. The van der Waals surface area contributed by atoms with Crippen LogP contribution in [-0.2, 0) is 11.3 Å². The molecule has 1 atom stereocenters. The van der Waals surface area contributed by atoms with E-state index in [1.807, 2.05) is 0 Å². The molecule has 0 bridgehead atoms. The van der Waals surface area contributed by atoms with Crippen LogP contribution in [0.1, 0.15) is 56.9 Å². The Morgan fingerprint density at radius 3 is 2.28 bits per heavy atom. The van der Waals surface area contributed by atoms with E-state index in [1.54, 1.807) is 0 Å². The van der Waals surface area contributed by atoms with Gasteiger partial charge in [0, 0.05) is 25.2 Å². The monoisotopic (exact) mass is 395 g/mol. The van der Waals surface area contributed by atoms with Crippen LogP contribution in [0, 0.1) is 17.8 Å². The predicted molar refractivity (Wildman–Crippen MR) is 116 cm³/mol. The zero-order valence-electron chi connectivity index (χ0n) is 17.8. The molecule has 1 aromatic carbocycles. The molecule has 29 heavy (non-hydrogen) atoms. The second kappa shape index (κ2) is 8.77. The molecule has 1 amide bonds. The summed E-state index contributed by atoms with van der Waals surface area (Å²) in [5.74, 6) is 2.16. The minimum Gasteiger partial charge on any atom is -0.353 e. The van der Waals surface area contributed by atoms with Crippen LogP contribution in [0.5, 0.6) is 0 Å². The molecule has 2 aliphatic heterocycles. The Balaban J connectivity index is 1.10. The van der Waals surface area contributed by atoms with Gasteiger partial charge >= 0.3 is 0 Å². The molecule has 0 spiro atoms. The number of nitrogens with one attached hydrogen (secondary N) is 1. The van der Waals surface area contributed by atoms with Gasteiger partial charge in [-0.25, -0.2) is 0 Å². The van der Waals surface area contributed by atoms with Crippen LogP contribution >= 0.6 is 0 Å². The molecule has 2 saturated carbocycles. The number of rotatable bonds is 7.